The number of carbonyl (C=O) groups is 4. The summed E-state index contributed by atoms with van der Waals surface area (Å²) < 4.78 is 0. The third kappa shape index (κ3) is 11.0. The number of nitrogens with zero attached hydrogens (tertiary/aromatic N) is 1. The summed E-state index contributed by atoms with van der Waals surface area (Å²) in [4.78, 5) is 58.0. The van der Waals surface area contributed by atoms with E-state index in [0.717, 1.165) is 6.42 Å². The molecule has 0 saturated carbocycles. The summed E-state index contributed by atoms with van der Waals surface area (Å²) in [5.74, 6) is -3.01. The summed E-state index contributed by atoms with van der Waals surface area (Å²) in [5.41, 5.74) is 12.6. The lowest BCUT2D eigenvalue weighted by atomic mass is 10.00. The van der Waals surface area contributed by atoms with Crippen LogP contribution in [0.25, 0.3) is 0 Å². The molecule has 13 nitrogen and oxygen atoms in total. The van der Waals surface area contributed by atoms with Crippen LogP contribution >= 0.6 is 0 Å². The number of rotatable bonds is 17. The molecule has 1 aromatic heterocycles. The molecule has 0 radical (unpaired) electrons. The number of aliphatic carboxylic acids is 1. The van der Waals surface area contributed by atoms with E-state index in [9.17, 15) is 29.4 Å². The number of H-pyrrole nitrogens is 1. The molecule has 2 aromatic rings. The van der Waals surface area contributed by atoms with E-state index in [1.54, 1.807) is 12.1 Å². The van der Waals surface area contributed by atoms with Gasteiger partial charge in [-0.05, 0) is 49.4 Å². The molecule has 10 N–H and O–H groups in total. The first-order chi connectivity index (χ1) is 19.0. The molecular formula is C27H41N7O6. The number of carboxylic acid groups (broad SMARTS) is 1. The van der Waals surface area contributed by atoms with Gasteiger partial charge in [-0.1, -0.05) is 32.4 Å². The van der Waals surface area contributed by atoms with Crippen LogP contribution in [0.1, 0.15) is 50.8 Å². The Morgan fingerprint density at radius 3 is 2.12 bits per heavy atom. The Hall–Kier alpha value is -3.97. The van der Waals surface area contributed by atoms with Crippen molar-refractivity contribution in [3.05, 3.63) is 48.0 Å². The lowest BCUT2D eigenvalue weighted by Gasteiger charge is -2.26. The molecule has 1 aromatic carbocycles. The van der Waals surface area contributed by atoms with Gasteiger partial charge in [0, 0.05) is 24.7 Å². The maximum absolute atomic E-state index is 13.4. The fraction of sp³-hybridized carbons (Fsp3) is 0.519. The second kappa shape index (κ2) is 16.2. The van der Waals surface area contributed by atoms with Crippen molar-refractivity contribution < 1.29 is 29.4 Å². The van der Waals surface area contributed by atoms with E-state index in [2.05, 4.69) is 25.9 Å². The summed E-state index contributed by atoms with van der Waals surface area (Å²) >= 11 is 0. The number of unbranched alkanes of at least 4 members (excludes halogenated alkanes) is 1. The number of phenolic OH excluding ortho intramolecular Hbond substituents is 1. The quantitative estimate of drug-likeness (QED) is 0.121. The smallest absolute Gasteiger partial charge is 0.326 e. The van der Waals surface area contributed by atoms with Crippen LogP contribution in [0.2, 0.25) is 0 Å². The Labute approximate surface area is 233 Å². The predicted octanol–water partition coefficient (Wildman–Crippen LogP) is -0.0581. The Kier molecular flexibility index (Phi) is 13.1. The number of aromatic amines is 1. The number of imidazole rings is 1. The van der Waals surface area contributed by atoms with Crippen LogP contribution in [0, 0.1) is 5.92 Å². The third-order valence-corrected chi connectivity index (χ3v) is 6.25. The summed E-state index contributed by atoms with van der Waals surface area (Å²) in [6.07, 6.45) is 4.92. The second-order valence-corrected chi connectivity index (χ2v) is 10.2. The van der Waals surface area contributed by atoms with Crippen molar-refractivity contribution in [3.8, 4) is 5.75 Å². The SMILES string of the molecule is CC(C)CC(NC(=O)C(N)CCCCN)C(=O)NC(Cc1ccc(O)cc1)C(=O)NC(Cc1cnc[nH]1)C(=O)O. The van der Waals surface area contributed by atoms with Crippen LogP contribution in [0.15, 0.2) is 36.8 Å². The summed E-state index contributed by atoms with van der Waals surface area (Å²) in [6, 6.07) is 1.82. The van der Waals surface area contributed by atoms with Crippen molar-refractivity contribution >= 4 is 23.7 Å². The van der Waals surface area contributed by atoms with Gasteiger partial charge in [0.05, 0.1) is 12.4 Å². The first-order valence-electron chi connectivity index (χ1n) is 13.3. The topological polar surface area (TPSA) is 226 Å². The molecule has 0 fully saturated rings. The minimum atomic E-state index is -1.29. The van der Waals surface area contributed by atoms with Gasteiger partial charge < -0.3 is 42.6 Å². The molecule has 1 heterocycles. The van der Waals surface area contributed by atoms with Crippen LogP contribution in [0.3, 0.4) is 0 Å². The molecule has 0 spiro atoms. The zero-order chi connectivity index (χ0) is 29.7. The number of carbonyl (C=O) groups excluding carboxylic acids is 3. The number of hydrogen-bond donors (Lipinski definition) is 8. The number of amides is 3. The molecule has 0 aliphatic heterocycles. The van der Waals surface area contributed by atoms with Crippen LogP contribution < -0.4 is 27.4 Å². The van der Waals surface area contributed by atoms with Crippen LogP contribution in [0.4, 0.5) is 0 Å². The first-order valence-corrected chi connectivity index (χ1v) is 13.3. The maximum atomic E-state index is 13.4. The molecule has 13 heteroatoms. The minimum absolute atomic E-state index is 0.00912. The van der Waals surface area contributed by atoms with E-state index in [4.69, 9.17) is 11.5 Å². The molecule has 0 bridgehead atoms. The van der Waals surface area contributed by atoms with Gasteiger partial charge in [0.25, 0.3) is 0 Å². The summed E-state index contributed by atoms with van der Waals surface area (Å²) in [7, 11) is 0. The Balaban J connectivity index is 2.22. The third-order valence-electron chi connectivity index (χ3n) is 6.25. The minimum Gasteiger partial charge on any atom is -0.508 e. The van der Waals surface area contributed by atoms with Crippen molar-refractivity contribution in [2.24, 2.45) is 17.4 Å². The zero-order valence-corrected chi connectivity index (χ0v) is 22.9. The molecule has 40 heavy (non-hydrogen) atoms. The van der Waals surface area contributed by atoms with E-state index in [-0.39, 0.29) is 30.9 Å². The number of aromatic hydroxyl groups is 1. The fourth-order valence-electron chi connectivity index (χ4n) is 4.06. The van der Waals surface area contributed by atoms with Gasteiger partial charge in [-0.15, -0.1) is 0 Å². The lowest BCUT2D eigenvalue weighted by Crippen LogP contribution is -2.58. The van der Waals surface area contributed by atoms with Gasteiger partial charge in [-0.25, -0.2) is 9.78 Å². The molecule has 0 aliphatic rings. The fourth-order valence-corrected chi connectivity index (χ4v) is 4.06. The van der Waals surface area contributed by atoms with Gasteiger partial charge in [0.15, 0.2) is 0 Å². The van der Waals surface area contributed by atoms with Gasteiger partial charge in [0.2, 0.25) is 17.7 Å². The zero-order valence-electron chi connectivity index (χ0n) is 22.9. The van der Waals surface area contributed by atoms with E-state index in [1.807, 2.05) is 13.8 Å². The average molecular weight is 560 g/mol. The molecule has 2 rings (SSSR count). The monoisotopic (exact) mass is 559 g/mol. The standard InChI is InChI=1S/C27H41N7O6/c1-16(2)11-21(32-24(36)20(29)5-3-4-10-28)25(37)33-22(12-17-6-8-19(35)9-7-17)26(38)34-23(27(39)40)13-18-14-30-15-31-18/h6-9,14-16,20-23,35H,3-5,10-13,28-29H2,1-2H3,(H,30,31)(H,32,36)(H,33,37)(H,34,38)(H,39,40). The van der Waals surface area contributed by atoms with Gasteiger partial charge >= 0.3 is 5.97 Å². The molecule has 3 amide bonds. The number of hydrogen-bond acceptors (Lipinski definition) is 8. The molecule has 0 aliphatic carbocycles. The summed E-state index contributed by atoms with van der Waals surface area (Å²) in [6.45, 7) is 4.27. The highest BCUT2D eigenvalue weighted by atomic mass is 16.4. The number of nitrogens with two attached hydrogens (primary N) is 2. The molecule has 220 valence electrons. The van der Waals surface area contributed by atoms with Crippen molar-refractivity contribution in [2.75, 3.05) is 6.54 Å². The Bertz CT molecular complexity index is 1090. The van der Waals surface area contributed by atoms with Crippen LogP contribution in [0.5, 0.6) is 5.75 Å². The molecular weight excluding hydrogens is 518 g/mol. The highest BCUT2D eigenvalue weighted by molar-refractivity contribution is 5.94. The Morgan fingerprint density at radius 2 is 1.55 bits per heavy atom. The van der Waals surface area contributed by atoms with E-state index >= 15 is 0 Å². The van der Waals surface area contributed by atoms with E-state index < -0.39 is 47.9 Å². The van der Waals surface area contributed by atoms with E-state index in [1.165, 1.54) is 24.7 Å². The van der Waals surface area contributed by atoms with Gasteiger partial charge in [-0.2, -0.15) is 0 Å². The van der Waals surface area contributed by atoms with Crippen molar-refractivity contribution in [1.82, 2.24) is 25.9 Å². The Morgan fingerprint density at radius 1 is 0.925 bits per heavy atom. The highest BCUT2D eigenvalue weighted by Crippen LogP contribution is 2.13. The number of benzene rings is 1. The highest BCUT2D eigenvalue weighted by Gasteiger charge is 2.31. The number of phenols is 1. The predicted molar refractivity (Wildman–Crippen MR) is 148 cm³/mol. The first kappa shape index (κ1) is 32.2. The van der Waals surface area contributed by atoms with Crippen LogP contribution in [-0.4, -0.2) is 74.6 Å². The average Bonchev–Trinajstić information content (AvgIpc) is 3.41. The van der Waals surface area contributed by atoms with Crippen molar-refractivity contribution in [1.29, 1.82) is 0 Å². The van der Waals surface area contributed by atoms with E-state index in [0.29, 0.717) is 30.6 Å². The maximum Gasteiger partial charge on any atom is 0.326 e. The number of carboxylic acids is 1. The van der Waals surface area contributed by atoms with Gasteiger partial charge in [-0.3, -0.25) is 14.4 Å². The number of nitrogens with one attached hydrogen (secondary N) is 4. The summed E-state index contributed by atoms with van der Waals surface area (Å²) in [5, 5.41) is 27.2. The normalized spacial score (nSPS) is 14.1. The molecule has 0 saturated heterocycles. The molecule has 4 atom stereocenters. The lowest BCUT2D eigenvalue weighted by molar-refractivity contribution is -0.142. The van der Waals surface area contributed by atoms with Gasteiger partial charge in [0.1, 0.15) is 23.9 Å². The van der Waals surface area contributed by atoms with Crippen molar-refractivity contribution in [3.63, 3.8) is 0 Å². The van der Waals surface area contributed by atoms with Crippen molar-refractivity contribution in [2.45, 2.75) is 76.5 Å². The number of aromatic nitrogens is 2. The molecule has 4 unspecified atom stereocenters. The largest absolute Gasteiger partial charge is 0.508 e. The second-order valence-electron chi connectivity index (χ2n) is 10.2. The van der Waals surface area contributed by atoms with Crippen LogP contribution in [-0.2, 0) is 32.0 Å².